The molecule has 0 fully saturated rings. The maximum Gasteiger partial charge on any atom is 0.339 e. The molecule has 1 amide bonds. The number of halogens is 3. The Hall–Kier alpha value is -3.24. The number of nitrogens with one attached hydrogen (secondary N) is 1. The van der Waals surface area contributed by atoms with Gasteiger partial charge in [-0.1, -0.05) is 47.5 Å². The first kappa shape index (κ1) is 28.3. The number of nitrogens with zero attached hydrogens (tertiary/aromatic N) is 1. The predicted octanol–water partition coefficient (Wildman–Crippen LogP) is 6.14. The molecular weight excluding hydrogens is 563 g/mol. The average molecular weight is 584 g/mol. The molecule has 3 aromatic carbocycles. The molecule has 0 unspecified atom stereocenters. The SMILES string of the molecule is C=CCOc1ccc(C(=O)N/N=C/c2cc(Cl)c(OS(=O)(=O)c3ccc(Cl)cc3)c(Cl)c2)cc1OCC. The molecule has 12 heteroatoms. The zero-order valence-corrected chi connectivity index (χ0v) is 22.5. The van der Waals surface area contributed by atoms with Gasteiger partial charge in [-0.15, -0.1) is 0 Å². The van der Waals surface area contributed by atoms with Crippen molar-refractivity contribution < 1.29 is 26.9 Å². The van der Waals surface area contributed by atoms with Crippen LogP contribution in [0.3, 0.4) is 0 Å². The fourth-order valence-electron chi connectivity index (χ4n) is 2.91. The first-order chi connectivity index (χ1) is 17.6. The summed E-state index contributed by atoms with van der Waals surface area (Å²) in [5.74, 6) is 0.135. The van der Waals surface area contributed by atoms with Gasteiger partial charge in [0.05, 0.1) is 22.9 Å². The van der Waals surface area contributed by atoms with E-state index in [4.69, 9.17) is 48.5 Å². The molecule has 0 aromatic heterocycles. The highest BCUT2D eigenvalue weighted by Crippen LogP contribution is 2.36. The molecule has 8 nitrogen and oxygen atoms in total. The number of rotatable bonds is 11. The third-order valence-corrected chi connectivity index (χ3v) is 6.61. The van der Waals surface area contributed by atoms with Crippen molar-refractivity contribution in [3.8, 4) is 17.2 Å². The third kappa shape index (κ3) is 7.62. The number of hydrazone groups is 1. The Balaban J connectivity index is 1.72. The van der Waals surface area contributed by atoms with Crippen molar-refractivity contribution in [1.29, 1.82) is 0 Å². The van der Waals surface area contributed by atoms with Crippen LogP contribution >= 0.6 is 34.8 Å². The van der Waals surface area contributed by atoms with Crippen LogP contribution in [0, 0.1) is 0 Å². The summed E-state index contributed by atoms with van der Waals surface area (Å²) in [5, 5.41) is 4.13. The second-order valence-electron chi connectivity index (χ2n) is 7.20. The Morgan fingerprint density at radius 1 is 1.00 bits per heavy atom. The van der Waals surface area contributed by atoms with Crippen LogP contribution in [0.4, 0.5) is 0 Å². The zero-order valence-electron chi connectivity index (χ0n) is 19.4. The predicted molar refractivity (Wildman–Crippen MR) is 144 cm³/mol. The summed E-state index contributed by atoms with van der Waals surface area (Å²) in [6.07, 6.45) is 2.89. The number of amides is 1. The van der Waals surface area contributed by atoms with E-state index in [1.54, 1.807) is 18.2 Å². The van der Waals surface area contributed by atoms with Gasteiger partial charge in [0, 0.05) is 10.6 Å². The lowest BCUT2D eigenvalue weighted by Gasteiger charge is -2.12. The summed E-state index contributed by atoms with van der Waals surface area (Å²) in [4.78, 5) is 12.4. The number of carbonyl (C=O) groups excluding carboxylic acids is 1. The summed E-state index contributed by atoms with van der Waals surface area (Å²) in [6.45, 7) is 6.09. The lowest BCUT2D eigenvalue weighted by Crippen LogP contribution is -2.17. The van der Waals surface area contributed by atoms with Gasteiger partial charge in [-0.2, -0.15) is 13.5 Å². The van der Waals surface area contributed by atoms with Crippen molar-refractivity contribution in [2.45, 2.75) is 11.8 Å². The Morgan fingerprint density at radius 3 is 2.30 bits per heavy atom. The fraction of sp³-hybridized carbons (Fsp3) is 0.120. The Labute approximate surface area is 229 Å². The summed E-state index contributed by atoms with van der Waals surface area (Å²) in [5.41, 5.74) is 3.07. The summed E-state index contributed by atoms with van der Waals surface area (Å²) >= 11 is 18.2. The van der Waals surface area contributed by atoms with Gasteiger partial charge in [0.2, 0.25) is 0 Å². The summed E-state index contributed by atoms with van der Waals surface area (Å²) in [6, 6.07) is 12.9. The summed E-state index contributed by atoms with van der Waals surface area (Å²) in [7, 11) is -4.21. The number of ether oxygens (including phenoxy) is 2. The number of carbonyl (C=O) groups is 1. The molecule has 194 valence electrons. The third-order valence-electron chi connectivity index (χ3n) is 4.56. The molecule has 0 aliphatic heterocycles. The van der Waals surface area contributed by atoms with Gasteiger partial charge >= 0.3 is 10.1 Å². The van der Waals surface area contributed by atoms with Crippen LogP contribution in [-0.2, 0) is 10.1 Å². The topological polar surface area (TPSA) is 103 Å². The number of hydrogen-bond donors (Lipinski definition) is 1. The van der Waals surface area contributed by atoms with Crippen molar-refractivity contribution >= 4 is 57.0 Å². The van der Waals surface area contributed by atoms with Gasteiger partial charge in [-0.05, 0) is 67.1 Å². The maximum atomic E-state index is 12.5. The Kier molecular flexibility index (Phi) is 9.82. The highest BCUT2D eigenvalue weighted by Gasteiger charge is 2.21. The summed E-state index contributed by atoms with van der Waals surface area (Å²) < 4.78 is 41.3. The van der Waals surface area contributed by atoms with Gasteiger partial charge in [0.25, 0.3) is 5.91 Å². The van der Waals surface area contributed by atoms with E-state index in [1.807, 2.05) is 6.92 Å². The highest BCUT2D eigenvalue weighted by molar-refractivity contribution is 7.87. The largest absolute Gasteiger partial charge is 0.490 e. The van der Waals surface area contributed by atoms with Crippen LogP contribution < -0.4 is 19.1 Å². The molecule has 0 bridgehead atoms. The van der Waals surface area contributed by atoms with Crippen LogP contribution in [0.1, 0.15) is 22.8 Å². The van der Waals surface area contributed by atoms with Crippen molar-refractivity contribution in [3.63, 3.8) is 0 Å². The van der Waals surface area contributed by atoms with E-state index < -0.39 is 16.0 Å². The highest BCUT2D eigenvalue weighted by atomic mass is 35.5. The second kappa shape index (κ2) is 12.8. The van der Waals surface area contributed by atoms with Gasteiger partial charge in [-0.25, -0.2) is 5.43 Å². The zero-order chi connectivity index (χ0) is 27.0. The minimum atomic E-state index is -4.21. The monoisotopic (exact) mass is 582 g/mol. The van der Waals surface area contributed by atoms with Crippen molar-refractivity contribution in [1.82, 2.24) is 5.43 Å². The minimum absolute atomic E-state index is 0.0747. The van der Waals surface area contributed by atoms with Crippen molar-refractivity contribution in [2.24, 2.45) is 5.10 Å². The Bertz CT molecular complexity index is 1400. The molecule has 0 radical (unpaired) electrons. The molecule has 0 spiro atoms. The molecule has 0 aliphatic carbocycles. The van der Waals surface area contributed by atoms with Crippen LogP contribution in [0.15, 0.2) is 77.2 Å². The van der Waals surface area contributed by atoms with Gasteiger partial charge in [0.15, 0.2) is 17.2 Å². The molecule has 3 aromatic rings. The van der Waals surface area contributed by atoms with E-state index in [0.717, 1.165) is 0 Å². The number of benzene rings is 3. The van der Waals surface area contributed by atoms with Crippen molar-refractivity contribution in [2.75, 3.05) is 13.2 Å². The lowest BCUT2D eigenvalue weighted by atomic mass is 10.2. The van der Waals surface area contributed by atoms with Gasteiger partial charge in [0.1, 0.15) is 11.5 Å². The van der Waals surface area contributed by atoms with Crippen molar-refractivity contribution in [3.05, 3.63) is 93.4 Å². The quantitative estimate of drug-likeness (QED) is 0.126. The van der Waals surface area contributed by atoms with E-state index in [0.29, 0.717) is 34.3 Å². The minimum Gasteiger partial charge on any atom is -0.490 e. The Morgan fingerprint density at radius 2 is 1.68 bits per heavy atom. The molecule has 1 N–H and O–H groups in total. The maximum absolute atomic E-state index is 12.5. The molecule has 0 heterocycles. The van der Waals surface area contributed by atoms with E-state index in [9.17, 15) is 13.2 Å². The first-order valence-corrected chi connectivity index (χ1v) is 13.2. The van der Waals surface area contributed by atoms with E-state index in [1.165, 1.54) is 48.7 Å². The molecule has 3 rings (SSSR count). The van der Waals surface area contributed by atoms with E-state index in [-0.39, 0.29) is 27.3 Å². The molecule has 0 saturated heterocycles. The molecule has 0 saturated carbocycles. The normalized spacial score (nSPS) is 11.2. The number of hydrogen-bond acceptors (Lipinski definition) is 7. The second-order valence-corrected chi connectivity index (χ2v) is 10.00. The molecule has 0 atom stereocenters. The molecule has 0 aliphatic rings. The van der Waals surface area contributed by atoms with E-state index >= 15 is 0 Å². The van der Waals surface area contributed by atoms with Crippen LogP contribution in [0.2, 0.25) is 15.1 Å². The van der Waals surface area contributed by atoms with E-state index in [2.05, 4.69) is 17.1 Å². The molecule has 37 heavy (non-hydrogen) atoms. The molecular formula is C25H21Cl3N2O6S. The van der Waals surface area contributed by atoms with Crippen LogP contribution in [0.25, 0.3) is 0 Å². The average Bonchev–Trinajstić information content (AvgIpc) is 2.86. The fourth-order valence-corrected chi connectivity index (χ4v) is 4.67. The van der Waals surface area contributed by atoms with Gasteiger partial charge in [-0.3, -0.25) is 4.79 Å². The van der Waals surface area contributed by atoms with Crippen LogP contribution in [0.5, 0.6) is 17.2 Å². The lowest BCUT2D eigenvalue weighted by molar-refractivity contribution is 0.0954. The van der Waals surface area contributed by atoms with Crippen LogP contribution in [-0.4, -0.2) is 33.8 Å². The standard InChI is InChI=1S/C25H21Cl3N2O6S/c1-3-11-35-22-10-5-17(14-23(22)34-4-2)25(31)30-29-15-16-12-20(27)24(21(28)13-16)36-37(32,33)19-8-6-18(26)7-9-19/h3,5-10,12-15H,1,4,11H2,2H3,(H,30,31)/b29-15+. The van der Waals surface area contributed by atoms with Gasteiger partial charge < -0.3 is 13.7 Å². The smallest absolute Gasteiger partial charge is 0.339 e. The first-order valence-electron chi connectivity index (χ1n) is 10.7.